The molecule has 0 atom stereocenters. The SMILES string of the molecule is COc1ccc(Cn2cc(I)c(=O)[nH]c2=O)cc1. The van der Waals surface area contributed by atoms with Gasteiger partial charge in [0.2, 0.25) is 0 Å². The van der Waals surface area contributed by atoms with Gasteiger partial charge >= 0.3 is 5.69 Å². The van der Waals surface area contributed by atoms with Crippen molar-refractivity contribution in [1.29, 1.82) is 0 Å². The number of nitrogens with zero attached hydrogens (tertiary/aromatic N) is 1. The van der Waals surface area contributed by atoms with Crippen LogP contribution in [0.15, 0.2) is 40.1 Å². The first kappa shape index (κ1) is 12.9. The summed E-state index contributed by atoms with van der Waals surface area (Å²) >= 11 is 1.90. The van der Waals surface area contributed by atoms with E-state index in [-0.39, 0.29) is 5.56 Å². The smallest absolute Gasteiger partial charge is 0.328 e. The highest BCUT2D eigenvalue weighted by atomic mass is 127. The maximum atomic E-state index is 11.6. The monoisotopic (exact) mass is 358 g/mol. The van der Waals surface area contributed by atoms with Gasteiger partial charge in [-0.2, -0.15) is 0 Å². The molecule has 0 aliphatic heterocycles. The third-order valence-electron chi connectivity index (χ3n) is 2.48. The molecule has 5 nitrogen and oxygen atoms in total. The molecule has 0 amide bonds. The standard InChI is InChI=1S/C12H11IN2O3/c1-18-9-4-2-8(3-5-9)6-15-7-10(13)11(16)14-12(15)17/h2-5,7H,6H2,1H3,(H,14,16,17). The lowest BCUT2D eigenvalue weighted by Gasteiger charge is -2.06. The molecule has 94 valence electrons. The molecule has 18 heavy (non-hydrogen) atoms. The molecule has 0 aliphatic rings. The highest BCUT2D eigenvalue weighted by Crippen LogP contribution is 2.11. The van der Waals surface area contributed by atoms with Gasteiger partial charge in [0.1, 0.15) is 5.75 Å². The van der Waals surface area contributed by atoms with Crippen molar-refractivity contribution in [2.45, 2.75) is 6.54 Å². The molecular weight excluding hydrogens is 347 g/mol. The molecule has 1 aromatic carbocycles. The molecule has 0 radical (unpaired) electrons. The molecule has 0 aliphatic carbocycles. The Kier molecular flexibility index (Phi) is 3.85. The molecule has 6 heteroatoms. The molecule has 0 spiro atoms. The Balaban J connectivity index is 2.31. The number of rotatable bonds is 3. The zero-order chi connectivity index (χ0) is 13.1. The number of nitrogens with one attached hydrogen (secondary N) is 1. The fourth-order valence-corrected chi connectivity index (χ4v) is 2.00. The van der Waals surface area contributed by atoms with E-state index in [2.05, 4.69) is 4.98 Å². The van der Waals surface area contributed by atoms with Gasteiger partial charge in [-0.15, -0.1) is 0 Å². The number of aromatic nitrogens is 2. The minimum absolute atomic E-state index is 0.355. The van der Waals surface area contributed by atoms with Gasteiger partial charge in [0, 0.05) is 6.20 Å². The lowest BCUT2D eigenvalue weighted by atomic mass is 10.2. The lowest BCUT2D eigenvalue weighted by molar-refractivity contribution is 0.414. The van der Waals surface area contributed by atoms with E-state index < -0.39 is 5.69 Å². The van der Waals surface area contributed by atoms with Crippen molar-refractivity contribution in [3.05, 3.63) is 60.4 Å². The van der Waals surface area contributed by atoms with Crippen molar-refractivity contribution in [3.8, 4) is 5.75 Å². The number of aromatic amines is 1. The van der Waals surface area contributed by atoms with Crippen LogP contribution in [-0.4, -0.2) is 16.7 Å². The van der Waals surface area contributed by atoms with E-state index in [0.717, 1.165) is 11.3 Å². The quantitative estimate of drug-likeness (QED) is 0.839. The van der Waals surface area contributed by atoms with Crippen LogP contribution in [0.25, 0.3) is 0 Å². The van der Waals surface area contributed by atoms with E-state index in [1.54, 1.807) is 13.3 Å². The Morgan fingerprint density at radius 1 is 1.28 bits per heavy atom. The third-order valence-corrected chi connectivity index (χ3v) is 3.25. The normalized spacial score (nSPS) is 10.3. The van der Waals surface area contributed by atoms with Gasteiger partial charge in [0.15, 0.2) is 0 Å². The summed E-state index contributed by atoms with van der Waals surface area (Å²) in [5.41, 5.74) is 0.198. The first-order chi connectivity index (χ1) is 8.60. The van der Waals surface area contributed by atoms with E-state index in [4.69, 9.17) is 4.74 Å². The van der Waals surface area contributed by atoms with E-state index in [9.17, 15) is 9.59 Å². The van der Waals surface area contributed by atoms with Crippen LogP contribution in [0.4, 0.5) is 0 Å². The summed E-state index contributed by atoms with van der Waals surface area (Å²) in [6.45, 7) is 0.412. The summed E-state index contributed by atoms with van der Waals surface area (Å²) in [6, 6.07) is 7.42. The number of methoxy groups -OCH3 is 1. The molecule has 0 saturated heterocycles. The van der Waals surface area contributed by atoms with Gasteiger partial charge in [-0.05, 0) is 40.3 Å². The van der Waals surface area contributed by atoms with Gasteiger partial charge < -0.3 is 4.74 Å². The second-order valence-corrected chi connectivity index (χ2v) is 4.87. The molecule has 0 unspecified atom stereocenters. The van der Waals surface area contributed by atoms with Gasteiger partial charge in [-0.25, -0.2) is 4.79 Å². The minimum Gasteiger partial charge on any atom is -0.497 e. The summed E-state index contributed by atoms with van der Waals surface area (Å²) < 4.78 is 7.01. The van der Waals surface area contributed by atoms with Crippen LogP contribution in [0.3, 0.4) is 0 Å². The molecule has 0 saturated carbocycles. The van der Waals surface area contributed by atoms with Gasteiger partial charge in [0.25, 0.3) is 5.56 Å². The van der Waals surface area contributed by atoms with Gasteiger partial charge in [-0.1, -0.05) is 12.1 Å². The van der Waals surface area contributed by atoms with Gasteiger partial charge in [0.05, 0.1) is 17.2 Å². The van der Waals surface area contributed by atoms with Crippen LogP contribution in [-0.2, 0) is 6.54 Å². The van der Waals surface area contributed by atoms with Gasteiger partial charge in [-0.3, -0.25) is 14.3 Å². The fraction of sp³-hybridized carbons (Fsp3) is 0.167. The molecule has 1 N–H and O–H groups in total. The van der Waals surface area contributed by atoms with Crippen molar-refractivity contribution in [3.63, 3.8) is 0 Å². The highest BCUT2D eigenvalue weighted by Gasteiger charge is 2.03. The number of ether oxygens (including phenoxy) is 1. The molecule has 1 aromatic heterocycles. The second-order valence-electron chi connectivity index (χ2n) is 3.71. The van der Waals surface area contributed by atoms with E-state index in [1.165, 1.54) is 4.57 Å². The van der Waals surface area contributed by atoms with Crippen LogP contribution in [0.5, 0.6) is 5.75 Å². The van der Waals surface area contributed by atoms with E-state index >= 15 is 0 Å². The van der Waals surface area contributed by atoms with Crippen molar-refractivity contribution < 1.29 is 4.74 Å². The Morgan fingerprint density at radius 3 is 2.56 bits per heavy atom. The summed E-state index contributed by atoms with van der Waals surface area (Å²) in [5, 5.41) is 0. The third kappa shape index (κ3) is 2.81. The zero-order valence-electron chi connectivity index (χ0n) is 9.64. The molecular formula is C12H11IN2O3. The van der Waals surface area contributed by atoms with Crippen LogP contribution in [0.1, 0.15) is 5.56 Å². The number of hydrogen-bond acceptors (Lipinski definition) is 3. The molecule has 2 aromatic rings. The number of H-pyrrole nitrogens is 1. The van der Waals surface area contributed by atoms with Crippen molar-refractivity contribution in [1.82, 2.24) is 9.55 Å². The lowest BCUT2D eigenvalue weighted by Crippen LogP contribution is -2.31. The predicted molar refractivity (Wildman–Crippen MR) is 76.1 cm³/mol. The Hall–Kier alpha value is -1.57. The largest absolute Gasteiger partial charge is 0.497 e. The van der Waals surface area contributed by atoms with Crippen LogP contribution >= 0.6 is 22.6 Å². The number of benzene rings is 1. The average molecular weight is 358 g/mol. The van der Waals surface area contributed by atoms with Crippen LogP contribution in [0.2, 0.25) is 0 Å². The minimum atomic E-state index is -0.406. The van der Waals surface area contributed by atoms with E-state index in [1.807, 2.05) is 46.9 Å². The fourth-order valence-electron chi connectivity index (χ4n) is 1.53. The molecule has 1 heterocycles. The first-order valence-electron chi connectivity index (χ1n) is 5.22. The van der Waals surface area contributed by atoms with Crippen LogP contribution in [0, 0.1) is 3.57 Å². The topological polar surface area (TPSA) is 64.1 Å². The van der Waals surface area contributed by atoms with Crippen molar-refractivity contribution in [2.75, 3.05) is 7.11 Å². The first-order valence-corrected chi connectivity index (χ1v) is 6.30. The Bertz CT molecular complexity index is 658. The summed E-state index contributed by atoms with van der Waals surface area (Å²) in [7, 11) is 1.60. The highest BCUT2D eigenvalue weighted by molar-refractivity contribution is 14.1. The maximum Gasteiger partial charge on any atom is 0.328 e. The number of hydrogen-bond donors (Lipinski definition) is 1. The molecule has 2 rings (SSSR count). The Morgan fingerprint density at radius 2 is 1.94 bits per heavy atom. The summed E-state index contributed by atoms with van der Waals surface area (Å²) in [5.74, 6) is 0.766. The number of halogens is 1. The predicted octanol–water partition coefficient (Wildman–Crippen LogP) is 1.20. The molecule has 0 fully saturated rings. The summed E-state index contributed by atoms with van der Waals surface area (Å²) in [6.07, 6.45) is 1.55. The average Bonchev–Trinajstić information content (AvgIpc) is 2.37. The Labute approximate surface area is 117 Å². The van der Waals surface area contributed by atoms with Crippen molar-refractivity contribution >= 4 is 22.6 Å². The van der Waals surface area contributed by atoms with Crippen LogP contribution < -0.4 is 16.0 Å². The summed E-state index contributed by atoms with van der Waals surface area (Å²) in [4.78, 5) is 25.1. The van der Waals surface area contributed by atoms with Crippen molar-refractivity contribution in [2.24, 2.45) is 0 Å². The second kappa shape index (κ2) is 5.38. The van der Waals surface area contributed by atoms with E-state index in [0.29, 0.717) is 10.1 Å². The maximum absolute atomic E-state index is 11.6. The zero-order valence-corrected chi connectivity index (χ0v) is 11.8. The molecule has 0 bridgehead atoms.